The molecule has 0 aromatic heterocycles. The first-order valence-corrected chi connectivity index (χ1v) is 10.2. The predicted octanol–water partition coefficient (Wildman–Crippen LogP) is 4.00. The van der Waals surface area contributed by atoms with Crippen LogP contribution in [0.5, 0.6) is 0 Å². The molecule has 1 heterocycles. The highest BCUT2D eigenvalue weighted by molar-refractivity contribution is 8.00. The number of carbonyl (C=O) groups excluding carboxylic acids is 3. The topological polar surface area (TPSA) is 104 Å². The smallest absolute Gasteiger partial charge is 0.328 e. The Hall–Kier alpha value is -2.81. The van der Waals surface area contributed by atoms with Gasteiger partial charge in [-0.2, -0.15) is 0 Å². The zero-order chi connectivity index (χ0) is 21.8. The monoisotopic (exact) mass is 464 g/mol. The van der Waals surface area contributed by atoms with Gasteiger partial charge < -0.3 is 10.4 Å². The Kier molecular flexibility index (Phi) is 6.81. The highest BCUT2D eigenvalue weighted by Gasteiger charge is 2.40. The van der Waals surface area contributed by atoms with Gasteiger partial charge >= 0.3 is 5.97 Å². The number of rotatable bonds is 6. The molecule has 1 aliphatic rings. The Morgan fingerprint density at radius 1 is 1.07 bits per heavy atom. The van der Waals surface area contributed by atoms with Crippen molar-refractivity contribution in [2.75, 3.05) is 10.2 Å². The fourth-order valence-electron chi connectivity index (χ4n) is 2.70. The maximum Gasteiger partial charge on any atom is 0.328 e. The Morgan fingerprint density at radius 2 is 1.77 bits per heavy atom. The van der Waals surface area contributed by atoms with Crippen LogP contribution >= 0.6 is 35.0 Å². The lowest BCUT2D eigenvalue weighted by Crippen LogP contribution is -2.31. The van der Waals surface area contributed by atoms with E-state index in [1.54, 1.807) is 30.3 Å². The van der Waals surface area contributed by atoms with Gasteiger partial charge in [-0.05, 0) is 42.5 Å². The average Bonchev–Trinajstić information content (AvgIpc) is 2.97. The van der Waals surface area contributed by atoms with Gasteiger partial charge in [0.25, 0.3) is 0 Å². The maximum atomic E-state index is 12.8. The van der Waals surface area contributed by atoms with Crippen molar-refractivity contribution in [3.05, 3.63) is 64.7 Å². The number of carboxylic acids is 1. The van der Waals surface area contributed by atoms with Crippen LogP contribution < -0.4 is 10.2 Å². The first-order chi connectivity index (χ1) is 14.2. The number of halogens is 2. The molecular weight excluding hydrogens is 451 g/mol. The van der Waals surface area contributed by atoms with Gasteiger partial charge in [-0.15, -0.1) is 11.8 Å². The van der Waals surface area contributed by atoms with E-state index in [9.17, 15) is 19.2 Å². The molecule has 1 fully saturated rings. The summed E-state index contributed by atoms with van der Waals surface area (Å²) in [6.07, 6.45) is 1.69. The van der Waals surface area contributed by atoms with Crippen molar-refractivity contribution < 1.29 is 24.3 Å². The van der Waals surface area contributed by atoms with Gasteiger partial charge in [0.2, 0.25) is 17.7 Å². The van der Waals surface area contributed by atoms with Crippen LogP contribution in [0.3, 0.4) is 0 Å². The maximum absolute atomic E-state index is 12.8. The molecule has 154 valence electrons. The van der Waals surface area contributed by atoms with Crippen LogP contribution in [-0.4, -0.2) is 34.0 Å². The second-order valence-electron chi connectivity index (χ2n) is 6.16. The molecule has 2 N–H and O–H groups in total. The number of hydrogen-bond acceptors (Lipinski definition) is 5. The molecule has 0 unspecified atom stereocenters. The Labute approximate surface area is 185 Å². The molecule has 1 saturated heterocycles. The van der Waals surface area contributed by atoms with Gasteiger partial charge in [0, 0.05) is 29.2 Å². The molecule has 1 atom stereocenters. The van der Waals surface area contributed by atoms with Gasteiger partial charge in [-0.25, -0.2) is 9.69 Å². The molecule has 0 aliphatic carbocycles. The van der Waals surface area contributed by atoms with Crippen LogP contribution in [-0.2, 0) is 19.2 Å². The number of aliphatic carboxylic acids is 1. The summed E-state index contributed by atoms with van der Waals surface area (Å²) < 4.78 is 0. The molecule has 10 heteroatoms. The number of imide groups is 1. The minimum absolute atomic E-state index is 0.0439. The highest BCUT2D eigenvalue weighted by Crippen LogP contribution is 2.36. The van der Waals surface area contributed by atoms with E-state index in [4.69, 9.17) is 28.3 Å². The minimum Gasteiger partial charge on any atom is -0.478 e. The lowest BCUT2D eigenvalue weighted by Gasteiger charge is -2.15. The van der Waals surface area contributed by atoms with Gasteiger partial charge in [0.15, 0.2) is 0 Å². The molecule has 0 saturated carbocycles. The molecule has 0 radical (unpaired) electrons. The summed E-state index contributed by atoms with van der Waals surface area (Å²) in [5.74, 6) is -2.47. The van der Waals surface area contributed by atoms with E-state index in [1.165, 1.54) is 23.9 Å². The van der Waals surface area contributed by atoms with Gasteiger partial charge in [-0.3, -0.25) is 14.4 Å². The summed E-state index contributed by atoms with van der Waals surface area (Å²) in [5.41, 5.74) is 0.834. The lowest BCUT2D eigenvalue weighted by atomic mass is 10.3. The molecule has 2 aromatic carbocycles. The van der Waals surface area contributed by atoms with E-state index in [0.29, 0.717) is 16.4 Å². The molecule has 30 heavy (non-hydrogen) atoms. The third-order valence-corrected chi connectivity index (χ3v) is 5.98. The largest absolute Gasteiger partial charge is 0.478 e. The van der Waals surface area contributed by atoms with Crippen LogP contribution in [0.4, 0.5) is 11.4 Å². The van der Waals surface area contributed by atoms with Crippen LogP contribution in [0.1, 0.15) is 6.42 Å². The van der Waals surface area contributed by atoms with E-state index in [1.807, 2.05) is 0 Å². The number of anilines is 2. The molecule has 7 nitrogen and oxygen atoms in total. The third kappa shape index (κ3) is 5.21. The summed E-state index contributed by atoms with van der Waals surface area (Å²) >= 11 is 13.1. The molecule has 0 spiro atoms. The Bertz CT molecular complexity index is 1060. The number of nitrogens with one attached hydrogen (secondary N) is 1. The van der Waals surface area contributed by atoms with E-state index < -0.39 is 17.1 Å². The normalized spacial score (nSPS) is 16.3. The summed E-state index contributed by atoms with van der Waals surface area (Å²) in [6.45, 7) is 0. The summed E-state index contributed by atoms with van der Waals surface area (Å²) in [7, 11) is 0. The minimum atomic E-state index is -1.22. The van der Waals surface area contributed by atoms with Crippen molar-refractivity contribution >= 4 is 70.0 Å². The van der Waals surface area contributed by atoms with Gasteiger partial charge in [-0.1, -0.05) is 23.2 Å². The lowest BCUT2D eigenvalue weighted by molar-refractivity contribution is -0.131. The average molecular weight is 465 g/mol. The molecule has 3 amide bonds. The Morgan fingerprint density at radius 3 is 2.40 bits per heavy atom. The van der Waals surface area contributed by atoms with E-state index >= 15 is 0 Å². The van der Waals surface area contributed by atoms with Gasteiger partial charge in [0.05, 0.1) is 21.0 Å². The number of hydrogen-bond donors (Lipinski definition) is 2. The summed E-state index contributed by atoms with van der Waals surface area (Å²) in [4.78, 5) is 49.0. The van der Waals surface area contributed by atoms with Crippen LogP contribution in [0.15, 0.2) is 59.5 Å². The number of carbonyl (C=O) groups is 4. The number of benzene rings is 2. The van der Waals surface area contributed by atoms with Crippen molar-refractivity contribution in [2.24, 2.45) is 0 Å². The number of carboxylic acid groups (broad SMARTS) is 1. The molecular formula is C20H14Cl2N2O5S. The van der Waals surface area contributed by atoms with E-state index in [0.717, 1.165) is 21.9 Å². The zero-order valence-corrected chi connectivity index (χ0v) is 17.5. The van der Waals surface area contributed by atoms with Crippen molar-refractivity contribution in [2.45, 2.75) is 16.6 Å². The van der Waals surface area contributed by atoms with Crippen LogP contribution in [0.25, 0.3) is 0 Å². The number of amides is 3. The summed E-state index contributed by atoms with van der Waals surface area (Å²) in [6, 6.07) is 11.2. The predicted molar refractivity (Wildman–Crippen MR) is 115 cm³/mol. The van der Waals surface area contributed by atoms with Crippen molar-refractivity contribution in [1.82, 2.24) is 0 Å². The van der Waals surface area contributed by atoms with Crippen molar-refractivity contribution in [1.29, 1.82) is 0 Å². The van der Waals surface area contributed by atoms with Gasteiger partial charge in [0.1, 0.15) is 0 Å². The van der Waals surface area contributed by atoms with E-state index in [-0.39, 0.29) is 23.3 Å². The van der Waals surface area contributed by atoms with Crippen molar-refractivity contribution in [3.63, 3.8) is 0 Å². The Balaban J connectivity index is 1.66. The van der Waals surface area contributed by atoms with Crippen LogP contribution in [0, 0.1) is 0 Å². The molecule has 3 rings (SSSR count). The fraction of sp³-hybridized carbons (Fsp3) is 0.100. The SMILES string of the molecule is O=C(O)/C=C/C(=O)Nc1ccc(S[C@@H]2CC(=O)N(c3ccc(Cl)c(Cl)c3)C2=O)cc1. The second-order valence-corrected chi connectivity index (χ2v) is 8.25. The molecule has 0 bridgehead atoms. The molecule has 2 aromatic rings. The zero-order valence-electron chi connectivity index (χ0n) is 15.2. The number of thioether (sulfide) groups is 1. The standard InChI is InChI=1S/C20H14Cl2N2O5S/c21-14-6-3-12(9-15(14)22)24-18(26)10-16(20(24)29)30-13-4-1-11(2-5-13)23-17(25)7-8-19(27)28/h1-9,16H,10H2,(H,23,25)(H,27,28)/b8-7+/t16-/m1/s1. The molecule has 1 aliphatic heterocycles. The van der Waals surface area contributed by atoms with Crippen molar-refractivity contribution in [3.8, 4) is 0 Å². The summed E-state index contributed by atoms with van der Waals surface area (Å²) in [5, 5.41) is 11.0. The highest BCUT2D eigenvalue weighted by atomic mass is 35.5. The fourth-order valence-corrected chi connectivity index (χ4v) is 4.05. The first-order valence-electron chi connectivity index (χ1n) is 8.55. The first kappa shape index (κ1) is 21.9. The van der Waals surface area contributed by atoms with E-state index in [2.05, 4.69) is 5.32 Å². The quantitative estimate of drug-likeness (QED) is 0.494. The second kappa shape index (κ2) is 9.34. The van der Waals surface area contributed by atoms with Crippen LogP contribution in [0.2, 0.25) is 10.0 Å². The number of nitrogens with zero attached hydrogens (tertiary/aromatic N) is 1. The third-order valence-electron chi connectivity index (χ3n) is 4.04.